The topological polar surface area (TPSA) is 18.5 Å². The molecule has 0 bridgehead atoms. The lowest BCUT2D eigenvalue weighted by Gasteiger charge is -2.32. The largest absolute Gasteiger partial charge is 0.486 e. The molecule has 0 amide bonds. The summed E-state index contributed by atoms with van der Waals surface area (Å²) in [6.07, 6.45) is 3.91. The van der Waals surface area contributed by atoms with Gasteiger partial charge in [0.05, 0.1) is 0 Å². The van der Waals surface area contributed by atoms with E-state index >= 15 is 0 Å². The summed E-state index contributed by atoms with van der Waals surface area (Å²) in [5.74, 6) is 2.37. The Morgan fingerprint density at radius 1 is 1.20 bits per heavy atom. The van der Waals surface area contributed by atoms with Crippen LogP contribution in [0.2, 0.25) is 0 Å². The second kappa shape index (κ2) is 5.53. The fourth-order valence-corrected chi connectivity index (χ4v) is 5.64. The summed E-state index contributed by atoms with van der Waals surface area (Å²) >= 11 is 7.64. The van der Waals surface area contributed by atoms with Gasteiger partial charge in [-0.1, -0.05) is 52.1 Å². The van der Waals surface area contributed by atoms with E-state index in [4.69, 9.17) is 9.47 Å². The van der Waals surface area contributed by atoms with Crippen molar-refractivity contribution in [3.63, 3.8) is 0 Å². The third kappa shape index (κ3) is 2.61. The molecule has 1 saturated carbocycles. The Labute approximate surface area is 137 Å². The lowest BCUT2D eigenvalue weighted by atomic mass is 9.78. The molecule has 0 aromatic heterocycles. The van der Waals surface area contributed by atoms with E-state index in [1.54, 1.807) is 0 Å². The zero-order chi connectivity index (χ0) is 14.3. The summed E-state index contributed by atoms with van der Waals surface area (Å²) < 4.78 is 12.5. The van der Waals surface area contributed by atoms with Crippen molar-refractivity contribution < 1.29 is 9.47 Å². The molecule has 0 spiro atoms. The Morgan fingerprint density at radius 2 is 1.85 bits per heavy atom. The quantitative estimate of drug-likeness (QED) is 0.608. The van der Waals surface area contributed by atoms with Gasteiger partial charge in [-0.3, -0.25) is 0 Å². The molecule has 1 aliphatic heterocycles. The first-order valence-electron chi connectivity index (χ1n) is 7.22. The highest BCUT2D eigenvalue weighted by Crippen LogP contribution is 2.54. The standard InChI is InChI=1S/C16H20Br2O2/c1-16(2)5-3-4-11(16)15(18)10-8-13-14(9-12(10)17)20-7-6-19-13/h8-9,11,15H,3-7H2,1-2H3. The average molecular weight is 404 g/mol. The summed E-state index contributed by atoms with van der Waals surface area (Å²) in [6.45, 7) is 6.03. The number of benzene rings is 1. The van der Waals surface area contributed by atoms with Gasteiger partial charge in [0.25, 0.3) is 0 Å². The number of fused-ring (bicyclic) bond motifs is 1. The molecule has 0 radical (unpaired) electrons. The van der Waals surface area contributed by atoms with E-state index in [0.717, 1.165) is 16.0 Å². The van der Waals surface area contributed by atoms with E-state index in [1.807, 2.05) is 6.07 Å². The average Bonchev–Trinajstić information content (AvgIpc) is 2.77. The number of hydrogen-bond donors (Lipinski definition) is 0. The Hall–Kier alpha value is -0.220. The van der Waals surface area contributed by atoms with Crippen molar-refractivity contribution in [2.75, 3.05) is 13.2 Å². The van der Waals surface area contributed by atoms with E-state index < -0.39 is 0 Å². The second-order valence-electron chi connectivity index (χ2n) is 6.41. The molecule has 4 heteroatoms. The van der Waals surface area contributed by atoms with Gasteiger partial charge in [0, 0.05) is 9.30 Å². The van der Waals surface area contributed by atoms with Crippen LogP contribution in [-0.4, -0.2) is 13.2 Å². The normalized spacial score (nSPS) is 25.5. The van der Waals surface area contributed by atoms with Crippen molar-refractivity contribution in [1.82, 2.24) is 0 Å². The maximum Gasteiger partial charge on any atom is 0.162 e. The highest BCUT2D eigenvalue weighted by Gasteiger charge is 2.40. The molecule has 20 heavy (non-hydrogen) atoms. The van der Waals surface area contributed by atoms with Crippen molar-refractivity contribution >= 4 is 31.9 Å². The fourth-order valence-electron chi connectivity index (χ4n) is 3.40. The number of hydrogen-bond acceptors (Lipinski definition) is 2. The predicted molar refractivity (Wildman–Crippen MR) is 87.9 cm³/mol. The van der Waals surface area contributed by atoms with Crippen molar-refractivity contribution in [2.24, 2.45) is 11.3 Å². The molecule has 1 aromatic carbocycles. The number of ether oxygens (including phenoxy) is 2. The van der Waals surface area contributed by atoms with Crippen LogP contribution < -0.4 is 9.47 Å². The van der Waals surface area contributed by atoms with Gasteiger partial charge < -0.3 is 9.47 Å². The van der Waals surface area contributed by atoms with E-state index in [-0.39, 0.29) is 0 Å². The third-order valence-electron chi connectivity index (χ3n) is 4.65. The lowest BCUT2D eigenvalue weighted by Crippen LogP contribution is -2.22. The van der Waals surface area contributed by atoms with Crippen molar-refractivity contribution in [3.05, 3.63) is 22.2 Å². The predicted octanol–water partition coefficient (Wildman–Crippen LogP) is 5.48. The van der Waals surface area contributed by atoms with Crippen LogP contribution in [-0.2, 0) is 0 Å². The van der Waals surface area contributed by atoms with Gasteiger partial charge in [-0.05, 0) is 41.9 Å². The molecule has 0 saturated heterocycles. The molecule has 2 aliphatic rings. The Morgan fingerprint density at radius 3 is 2.45 bits per heavy atom. The SMILES string of the molecule is CC1(C)CCCC1C(Br)c1cc2c(cc1Br)OCCO2. The maximum atomic E-state index is 5.72. The molecule has 2 atom stereocenters. The first-order valence-corrected chi connectivity index (χ1v) is 8.93. The minimum atomic E-state index is 0.352. The van der Waals surface area contributed by atoms with Crippen LogP contribution in [0.1, 0.15) is 43.5 Å². The molecule has 3 rings (SSSR count). The fraction of sp³-hybridized carbons (Fsp3) is 0.625. The molecule has 1 heterocycles. The first kappa shape index (κ1) is 14.7. The minimum Gasteiger partial charge on any atom is -0.486 e. The maximum absolute atomic E-state index is 5.72. The van der Waals surface area contributed by atoms with Gasteiger partial charge in [-0.25, -0.2) is 0 Å². The molecular weight excluding hydrogens is 384 g/mol. The molecule has 2 unspecified atom stereocenters. The first-order chi connectivity index (χ1) is 9.49. The van der Waals surface area contributed by atoms with Crippen LogP contribution in [0.5, 0.6) is 11.5 Å². The molecular formula is C16H20Br2O2. The summed E-state index contributed by atoms with van der Waals surface area (Å²) in [6, 6.07) is 4.17. The zero-order valence-electron chi connectivity index (χ0n) is 11.9. The minimum absolute atomic E-state index is 0.352. The lowest BCUT2D eigenvalue weighted by molar-refractivity contribution is 0.171. The molecule has 2 nitrogen and oxygen atoms in total. The van der Waals surface area contributed by atoms with E-state index in [0.29, 0.717) is 29.4 Å². The highest BCUT2D eigenvalue weighted by molar-refractivity contribution is 9.11. The van der Waals surface area contributed by atoms with Crippen LogP contribution in [0.4, 0.5) is 0 Å². The molecule has 1 aliphatic carbocycles. The number of rotatable bonds is 2. The van der Waals surface area contributed by atoms with Crippen molar-refractivity contribution in [2.45, 2.75) is 37.9 Å². The summed E-state index contributed by atoms with van der Waals surface area (Å²) in [5, 5.41) is 0. The van der Waals surface area contributed by atoms with Crippen LogP contribution in [0, 0.1) is 11.3 Å². The summed E-state index contributed by atoms with van der Waals surface area (Å²) in [7, 11) is 0. The smallest absolute Gasteiger partial charge is 0.162 e. The Bertz CT molecular complexity index is 513. The summed E-state index contributed by atoms with van der Waals surface area (Å²) in [4.78, 5) is 0.352. The zero-order valence-corrected chi connectivity index (χ0v) is 15.1. The second-order valence-corrected chi connectivity index (χ2v) is 8.25. The van der Waals surface area contributed by atoms with Crippen LogP contribution in [0.25, 0.3) is 0 Å². The van der Waals surface area contributed by atoms with Gasteiger partial charge in [-0.2, -0.15) is 0 Å². The third-order valence-corrected chi connectivity index (χ3v) is 6.47. The molecule has 1 fully saturated rings. The van der Waals surface area contributed by atoms with Crippen LogP contribution >= 0.6 is 31.9 Å². The highest BCUT2D eigenvalue weighted by atomic mass is 79.9. The Kier molecular flexibility index (Phi) is 4.06. The molecule has 0 N–H and O–H groups in total. The molecule has 110 valence electrons. The molecule has 1 aromatic rings. The van der Waals surface area contributed by atoms with Crippen molar-refractivity contribution in [1.29, 1.82) is 0 Å². The van der Waals surface area contributed by atoms with Gasteiger partial charge in [-0.15, -0.1) is 0 Å². The van der Waals surface area contributed by atoms with E-state index in [2.05, 4.69) is 51.8 Å². The Balaban J connectivity index is 1.93. The summed E-state index contributed by atoms with van der Waals surface area (Å²) in [5.41, 5.74) is 1.66. The van der Waals surface area contributed by atoms with Gasteiger partial charge in [0.15, 0.2) is 11.5 Å². The van der Waals surface area contributed by atoms with Gasteiger partial charge in [0.2, 0.25) is 0 Å². The van der Waals surface area contributed by atoms with E-state index in [9.17, 15) is 0 Å². The van der Waals surface area contributed by atoms with Crippen molar-refractivity contribution in [3.8, 4) is 11.5 Å². The van der Waals surface area contributed by atoms with Gasteiger partial charge >= 0.3 is 0 Å². The van der Waals surface area contributed by atoms with Crippen LogP contribution in [0.3, 0.4) is 0 Å². The van der Waals surface area contributed by atoms with E-state index in [1.165, 1.54) is 24.8 Å². The number of halogens is 2. The van der Waals surface area contributed by atoms with Crippen LogP contribution in [0.15, 0.2) is 16.6 Å². The monoisotopic (exact) mass is 402 g/mol. The van der Waals surface area contributed by atoms with Gasteiger partial charge in [0.1, 0.15) is 13.2 Å². The number of alkyl halides is 1.